The molecule has 0 atom stereocenters. The van der Waals surface area contributed by atoms with Crippen LogP contribution in [0.3, 0.4) is 0 Å². The Labute approximate surface area is 129 Å². The van der Waals surface area contributed by atoms with E-state index in [-0.39, 0.29) is 0 Å². The lowest BCUT2D eigenvalue weighted by Crippen LogP contribution is -1.96. The van der Waals surface area contributed by atoms with Gasteiger partial charge in [0.05, 0.1) is 17.6 Å². The summed E-state index contributed by atoms with van der Waals surface area (Å²) < 4.78 is 0. The van der Waals surface area contributed by atoms with Gasteiger partial charge in [-0.1, -0.05) is 60.1 Å². The summed E-state index contributed by atoms with van der Waals surface area (Å²) in [4.78, 5) is 9.06. The highest BCUT2D eigenvalue weighted by Gasteiger charge is 2.14. The Morgan fingerprint density at radius 2 is 1.29 bits per heavy atom. The summed E-state index contributed by atoms with van der Waals surface area (Å²) in [5.74, 6) is 0. The minimum Gasteiger partial charge on any atom is -0.251 e. The van der Waals surface area contributed by atoms with Crippen molar-refractivity contribution in [2.24, 2.45) is 0 Å². The van der Waals surface area contributed by atoms with Gasteiger partial charge >= 0.3 is 0 Å². The van der Waals surface area contributed by atoms with Crippen LogP contribution in [0.25, 0.3) is 22.5 Å². The molecule has 21 heavy (non-hydrogen) atoms. The van der Waals surface area contributed by atoms with E-state index < -0.39 is 0 Å². The minimum atomic E-state index is 0.408. The topological polar surface area (TPSA) is 25.8 Å². The zero-order chi connectivity index (χ0) is 14.8. The Bertz CT molecular complexity index is 797. The molecule has 0 bridgehead atoms. The van der Waals surface area contributed by atoms with Crippen LogP contribution in [0.4, 0.5) is 0 Å². The molecule has 3 heteroatoms. The van der Waals surface area contributed by atoms with Crippen LogP contribution in [-0.4, -0.2) is 9.97 Å². The molecular formula is C18H15ClN2. The van der Waals surface area contributed by atoms with Gasteiger partial charge in [-0.2, -0.15) is 0 Å². The summed E-state index contributed by atoms with van der Waals surface area (Å²) in [5.41, 5.74) is 6.17. The molecule has 0 aliphatic rings. The van der Waals surface area contributed by atoms with Crippen molar-refractivity contribution < 1.29 is 0 Å². The summed E-state index contributed by atoms with van der Waals surface area (Å²) in [7, 11) is 0. The molecule has 0 aliphatic heterocycles. The van der Waals surface area contributed by atoms with Crippen LogP contribution in [0.1, 0.15) is 11.1 Å². The Hall–Kier alpha value is -2.19. The monoisotopic (exact) mass is 294 g/mol. The van der Waals surface area contributed by atoms with Gasteiger partial charge in [0.15, 0.2) is 0 Å². The maximum absolute atomic E-state index is 6.07. The minimum absolute atomic E-state index is 0.408. The molecule has 0 saturated heterocycles. The third kappa shape index (κ3) is 2.67. The van der Waals surface area contributed by atoms with Gasteiger partial charge in [-0.05, 0) is 25.0 Å². The number of nitrogens with zero attached hydrogens (tertiary/aromatic N) is 2. The van der Waals surface area contributed by atoms with E-state index >= 15 is 0 Å². The Morgan fingerprint density at radius 3 is 1.86 bits per heavy atom. The van der Waals surface area contributed by atoms with Gasteiger partial charge in [-0.3, -0.25) is 4.98 Å². The maximum Gasteiger partial charge on any atom is 0.148 e. The predicted molar refractivity (Wildman–Crippen MR) is 87.4 cm³/mol. The normalized spacial score (nSPS) is 10.6. The molecule has 0 unspecified atom stereocenters. The second kappa shape index (κ2) is 5.66. The van der Waals surface area contributed by atoms with Gasteiger partial charge in [0, 0.05) is 11.1 Å². The van der Waals surface area contributed by atoms with Crippen molar-refractivity contribution >= 4 is 11.6 Å². The molecule has 0 amide bonds. The third-order valence-corrected chi connectivity index (χ3v) is 3.73. The van der Waals surface area contributed by atoms with Crippen LogP contribution in [-0.2, 0) is 0 Å². The van der Waals surface area contributed by atoms with Crippen molar-refractivity contribution in [1.29, 1.82) is 0 Å². The van der Waals surface area contributed by atoms with Gasteiger partial charge in [0.1, 0.15) is 5.15 Å². The van der Waals surface area contributed by atoms with E-state index in [2.05, 4.69) is 48.1 Å². The highest BCUT2D eigenvalue weighted by atomic mass is 35.5. The van der Waals surface area contributed by atoms with E-state index in [0.717, 1.165) is 28.1 Å². The number of halogens is 1. The predicted octanol–water partition coefficient (Wildman–Crippen LogP) is 5.08. The molecule has 3 rings (SSSR count). The molecule has 1 aromatic heterocycles. The molecule has 0 spiro atoms. The van der Waals surface area contributed by atoms with Gasteiger partial charge < -0.3 is 0 Å². The van der Waals surface area contributed by atoms with Crippen molar-refractivity contribution in [3.63, 3.8) is 0 Å². The highest BCUT2D eigenvalue weighted by Crippen LogP contribution is 2.32. The van der Waals surface area contributed by atoms with Gasteiger partial charge in [-0.25, -0.2) is 4.98 Å². The van der Waals surface area contributed by atoms with Crippen LogP contribution in [0.15, 0.2) is 54.7 Å². The number of benzene rings is 2. The zero-order valence-corrected chi connectivity index (χ0v) is 12.7. The van der Waals surface area contributed by atoms with Crippen molar-refractivity contribution in [2.45, 2.75) is 13.8 Å². The van der Waals surface area contributed by atoms with Crippen LogP contribution in [0, 0.1) is 13.8 Å². The van der Waals surface area contributed by atoms with Crippen LogP contribution >= 0.6 is 11.6 Å². The second-order valence-corrected chi connectivity index (χ2v) is 5.41. The van der Waals surface area contributed by atoms with Gasteiger partial charge in [0.25, 0.3) is 0 Å². The summed E-state index contributed by atoms with van der Waals surface area (Å²) in [5, 5.41) is 0.408. The highest BCUT2D eigenvalue weighted by molar-refractivity contribution is 6.29. The van der Waals surface area contributed by atoms with Crippen LogP contribution in [0.2, 0.25) is 5.15 Å². The summed E-state index contributed by atoms with van der Waals surface area (Å²) >= 11 is 6.07. The van der Waals surface area contributed by atoms with Crippen molar-refractivity contribution in [2.75, 3.05) is 0 Å². The molecule has 0 fully saturated rings. The Kier molecular flexibility index (Phi) is 3.72. The number of hydrogen-bond donors (Lipinski definition) is 0. The van der Waals surface area contributed by atoms with E-state index in [1.807, 2.05) is 24.3 Å². The zero-order valence-electron chi connectivity index (χ0n) is 12.0. The van der Waals surface area contributed by atoms with E-state index in [0.29, 0.717) is 5.15 Å². The first-order chi connectivity index (χ1) is 10.2. The lowest BCUT2D eigenvalue weighted by molar-refractivity contribution is 1.20. The van der Waals surface area contributed by atoms with Crippen LogP contribution < -0.4 is 0 Å². The average molecular weight is 295 g/mol. The fraction of sp³-hybridized carbons (Fsp3) is 0.111. The molecule has 0 aliphatic carbocycles. The lowest BCUT2D eigenvalue weighted by Gasteiger charge is -2.12. The molecule has 0 N–H and O–H groups in total. The molecule has 104 valence electrons. The number of aromatic nitrogens is 2. The number of aryl methyl sites for hydroxylation is 2. The molecule has 2 nitrogen and oxygen atoms in total. The number of hydrogen-bond acceptors (Lipinski definition) is 2. The van der Waals surface area contributed by atoms with Gasteiger partial charge in [0.2, 0.25) is 0 Å². The van der Waals surface area contributed by atoms with Crippen molar-refractivity contribution in [3.05, 3.63) is 71.0 Å². The Morgan fingerprint density at radius 1 is 0.762 bits per heavy atom. The molecular weight excluding hydrogens is 280 g/mol. The standard InChI is InChI=1S/C18H15ClN2/c1-12-7-3-5-9-14(12)17-18(21-16(19)11-20-17)15-10-6-4-8-13(15)2/h3-11H,1-2H3. The fourth-order valence-corrected chi connectivity index (χ4v) is 2.56. The SMILES string of the molecule is Cc1ccccc1-c1ncc(Cl)nc1-c1ccccc1C. The molecule has 2 aromatic carbocycles. The van der Waals surface area contributed by atoms with E-state index in [4.69, 9.17) is 11.6 Å². The second-order valence-electron chi connectivity index (χ2n) is 5.02. The first-order valence-corrected chi connectivity index (χ1v) is 7.19. The summed E-state index contributed by atoms with van der Waals surface area (Å²) in [6, 6.07) is 16.3. The van der Waals surface area contributed by atoms with Crippen molar-refractivity contribution in [1.82, 2.24) is 9.97 Å². The Balaban J connectivity index is 2.29. The quantitative estimate of drug-likeness (QED) is 0.658. The molecule has 0 radical (unpaired) electrons. The maximum atomic E-state index is 6.07. The van der Waals surface area contributed by atoms with E-state index in [1.165, 1.54) is 5.56 Å². The molecule has 3 aromatic rings. The van der Waals surface area contributed by atoms with E-state index in [9.17, 15) is 0 Å². The van der Waals surface area contributed by atoms with Crippen molar-refractivity contribution in [3.8, 4) is 22.5 Å². The van der Waals surface area contributed by atoms with E-state index in [1.54, 1.807) is 6.20 Å². The summed E-state index contributed by atoms with van der Waals surface area (Å²) in [6.45, 7) is 4.15. The third-order valence-electron chi connectivity index (χ3n) is 3.54. The fourth-order valence-electron chi connectivity index (χ4n) is 2.43. The van der Waals surface area contributed by atoms with Gasteiger partial charge in [-0.15, -0.1) is 0 Å². The first kappa shape index (κ1) is 13.8. The number of rotatable bonds is 2. The average Bonchev–Trinajstić information content (AvgIpc) is 2.49. The first-order valence-electron chi connectivity index (χ1n) is 6.81. The van der Waals surface area contributed by atoms with Crippen LogP contribution in [0.5, 0.6) is 0 Å². The smallest absolute Gasteiger partial charge is 0.148 e. The molecule has 0 saturated carbocycles. The lowest BCUT2D eigenvalue weighted by atomic mass is 9.98. The summed E-state index contributed by atoms with van der Waals surface area (Å²) in [6.07, 6.45) is 1.60. The largest absolute Gasteiger partial charge is 0.251 e. The molecule has 1 heterocycles.